The van der Waals surface area contributed by atoms with Gasteiger partial charge in [-0.2, -0.15) is 0 Å². The van der Waals surface area contributed by atoms with Crippen LogP contribution in [0.2, 0.25) is 0 Å². The van der Waals surface area contributed by atoms with E-state index in [1.165, 1.54) is 14.2 Å². The smallest absolute Gasteiger partial charge is 0.410 e. The van der Waals surface area contributed by atoms with E-state index in [0.717, 1.165) is 25.7 Å². The fourth-order valence-electron chi connectivity index (χ4n) is 5.21. The Labute approximate surface area is 271 Å². The molecule has 6 atom stereocenters. The summed E-state index contributed by atoms with van der Waals surface area (Å²) in [6, 6.07) is -0.417. The lowest BCUT2D eigenvalue weighted by molar-refractivity contribution is -0.151. The zero-order chi connectivity index (χ0) is 33.7. The van der Waals surface area contributed by atoms with E-state index < -0.39 is 47.3 Å². The molecule has 0 spiro atoms. The fraction of sp³-hybridized carbons (Fsp3) is 0.867. The van der Waals surface area contributed by atoms with Gasteiger partial charge in [0.2, 0.25) is 0 Å². The normalized spacial score (nSPS) is 21.2. The summed E-state index contributed by atoms with van der Waals surface area (Å²) in [7, 11) is 4.39. The summed E-state index contributed by atoms with van der Waals surface area (Å²) < 4.78 is 26.4. The lowest BCUT2D eigenvalue weighted by Gasteiger charge is -2.34. The minimum atomic E-state index is -0.923. The zero-order valence-corrected chi connectivity index (χ0v) is 30.3. The van der Waals surface area contributed by atoms with Crippen LogP contribution < -0.4 is 0 Å². The molecule has 252 valence electrons. The molecule has 0 bridgehead atoms. The summed E-state index contributed by atoms with van der Waals surface area (Å²) in [5, 5.41) is 9.14. The molecule has 2 heterocycles. The Morgan fingerprint density at radius 2 is 1.07 bits per heavy atom. The first-order valence-electron chi connectivity index (χ1n) is 14.6. The molecule has 1 N–H and O–H groups in total. The Kier molecular flexibility index (Phi) is 18.0. The largest absolute Gasteiger partial charge is 0.481 e. The summed E-state index contributed by atoms with van der Waals surface area (Å²) in [5.41, 5.74) is -1.11. The average Bonchev–Trinajstić information content (AvgIpc) is 3.59. The Morgan fingerprint density at radius 1 is 0.721 bits per heavy atom. The maximum Gasteiger partial charge on any atom is 0.410 e. The van der Waals surface area contributed by atoms with E-state index in [2.05, 4.69) is 22.6 Å². The van der Waals surface area contributed by atoms with E-state index >= 15 is 0 Å². The van der Waals surface area contributed by atoms with Gasteiger partial charge in [0, 0.05) is 27.3 Å². The maximum atomic E-state index is 12.3. The predicted octanol–water partition coefficient (Wildman–Crippen LogP) is 5.38. The van der Waals surface area contributed by atoms with Crippen LogP contribution in [0.25, 0.3) is 0 Å². The standard InChI is InChI=1S/C15H27NO5.C14H25NO5.CH3I/c1-10(13(17)20-6)12(19-5)11-8-7-9-16(11)14(18)21-15(2,3)4;1-9(12(16)17)11(19-5)10-7-6-8-15(10)13(18)20-14(2,3)4;1-2/h10-12H,7-9H2,1-6H3;9-11H,6-8H2,1-5H3,(H,16,17);1H3/t10-,11+,12-;9-,10+,11-;/m11./s1. The molecular weight excluding hydrogens is 675 g/mol. The van der Waals surface area contributed by atoms with Crippen molar-refractivity contribution >= 4 is 46.7 Å². The maximum absolute atomic E-state index is 12.3. The van der Waals surface area contributed by atoms with Crippen molar-refractivity contribution in [3.63, 3.8) is 0 Å². The number of nitrogens with zero attached hydrogens (tertiary/aromatic N) is 2. The monoisotopic (exact) mass is 730 g/mol. The Bertz CT molecular complexity index is 889. The molecule has 0 unspecified atom stereocenters. The van der Waals surface area contributed by atoms with E-state index in [-0.39, 0.29) is 24.1 Å². The van der Waals surface area contributed by atoms with Crippen LogP contribution in [0.1, 0.15) is 81.1 Å². The van der Waals surface area contributed by atoms with Crippen molar-refractivity contribution in [1.82, 2.24) is 9.80 Å². The van der Waals surface area contributed by atoms with Gasteiger partial charge in [-0.3, -0.25) is 9.59 Å². The number of alkyl halides is 1. The molecule has 2 aliphatic heterocycles. The molecular formula is C30H55IN2O10. The second-order valence-corrected chi connectivity index (χ2v) is 12.6. The Hall–Kier alpha value is -1.87. The SMILES string of the molecule is CI.COC(=O)[C@H](C)[C@@H](OC)[C@@H]1CCCN1C(=O)OC(C)(C)C.CO[C@H]([C@@H](C)C(=O)O)[C@@H]1CCCN1C(=O)OC(C)(C)C. The van der Waals surface area contributed by atoms with Gasteiger partial charge in [-0.15, -0.1) is 0 Å². The minimum absolute atomic E-state index is 0.168. The molecule has 43 heavy (non-hydrogen) atoms. The van der Waals surface area contributed by atoms with Gasteiger partial charge >= 0.3 is 24.1 Å². The highest BCUT2D eigenvalue weighted by atomic mass is 127. The van der Waals surface area contributed by atoms with Crippen molar-refractivity contribution in [2.75, 3.05) is 39.3 Å². The molecule has 12 nitrogen and oxygen atoms in total. The first kappa shape index (κ1) is 41.1. The molecule has 2 rings (SSSR count). The number of aliphatic carboxylic acids is 1. The fourth-order valence-corrected chi connectivity index (χ4v) is 5.21. The molecule has 0 radical (unpaired) electrons. The molecule has 2 saturated heterocycles. The molecule has 2 fully saturated rings. The third-order valence-electron chi connectivity index (χ3n) is 7.11. The summed E-state index contributed by atoms with van der Waals surface area (Å²) >= 11 is 2.15. The van der Waals surface area contributed by atoms with Crippen molar-refractivity contribution in [2.24, 2.45) is 11.8 Å². The molecule has 13 heteroatoms. The first-order chi connectivity index (χ1) is 19.9. The number of esters is 1. The number of likely N-dealkylation sites (tertiary alicyclic amines) is 2. The van der Waals surface area contributed by atoms with Crippen LogP contribution in [0.4, 0.5) is 9.59 Å². The number of halogens is 1. The van der Waals surface area contributed by atoms with Gasteiger partial charge in [-0.05, 0) is 86.0 Å². The summed E-state index contributed by atoms with van der Waals surface area (Å²) in [6.07, 6.45) is 1.54. The van der Waals surface area contributed by atoms with Gasteiger partial charge in [-0.25, -0.2) is 9.59 Å². The van der Waals surface area contributed by atoms with Gasteiger partial charge in [0.1, 0.15) is 11.2 Å². The number of hydrogen-bond donors (Lipinski definition) is 1. The Morgan fingerprint density at radius 3 is 1.35 bits per heavy atom. The van der Waals surface area contributed by atoms with Crippen LogP contribution >= 0.6 is 22.6 Å². The third kappa shape index (κ3) is 13.3. The number of carboxylic acid groups (broad SMARTS) is 1. The third-order valence-corrected chi connectivity index (χ3v) is 7.11. The Balaban J connectivity index is 0.000000776. The number of ether oxygens (including phenoxy) is 5. The van der Waals surface area contributed by atoms with Crippen molar-refractivity contribution in [1.29, 1.82) is 0 Å². The highest BCUT2D eigenvalue weighted by Gasteiger charge is 2.42. The van der Waals surface area contributed by atoms with Crippen LogP contribution in [0.3, 0.4) is 0 Å². The lowest BCUT2D eigenvalue weighted by atomic mass is 9.96. The van der Waals surface area contributed by atoms with Gasteiger partial charge in [0.25, 0.3) is 0 Å². The number of hydrogen-bond acceptors (Lipinski definition) is 9. The van der Waals surface area contributed by atoms with Crippen LogP contribution in [-0.4, -0.2) is 114 Å². The van der Waals surface area contributed by atoms with Crippen LogP contribution in [0.5, 0.6) is 0 Å². The van der Waals surface area contributed by atoms with Crippen LogP contribution in [0.15, 0.2) is 0 Å². The van der Waals surface area contributed by atoms with Gasteiger partial charge in [0.15, 0.2) is 0 Å². The van der Waals surface area contributed by atoms with E-state index in [0.29, 0.717) is 13.1 Å². The number of carbonyl (C=O) groups is 4. The van der Waals surface area contributed by atoms with Crippen LogP contribution in [0, 0.1) is 11.8 Å². The molecule has 0 aliphatic carbocycles. The van der Waals surface area contributed by atoms with Gasteiger partial charge in [-0.1, -0.05) is 22.6 Å². The van der Waals surface area contributed by atoms with E-state index in [4.69, 9.17) is 28.8 Å². The molecule has 2 amide bonds. The quantitative estimate of drug-likeness (QED) is 0.150. The van der Waals surface area contributed by atoms with Crippen molar-refractivity contribution in [3.8, 4) is 0 Å². The molecule has 2 aliphatic rings. The predicted molar refractivity (Wildman–Crippen MR) is 171 cm³/mol. The molecule has 0 aromatic heterocycles. The van der Waals surface area contributed by atoms with Crippen molar-refractivity contribution < 1.29 is 48.0 Å². The van der Waals surface area contributed by atoms with Gasteiger partial charge in [0.05, 0.1) is 43.2 Å². The second-order valence-electron chi connectivity index (χ2n) is 12.6. The molecule has 0 aromatic rings. The van der Waals surface area contributed by atoms with Crippen LogP contribution in [-0.2, 0) is 33.3 Å². The number of carboxylic acids is 1. The van der Waals surface area contributed by atoms with E-state index in [9.17, 15) is 19.2 Å². The molecule has 0 saturated carbocycles. The highest BCUT2D eigenvalue weighted by Crippen LogP contribution is 2.29. The minimum Gasteiger partial charge on any atom is -0.481 e. The summed E-state index contributed by atoms with van der Waals surface area (Å²) in [5.74, 6) is -2.37. The topological polar surface area (TPSA) is 141 Å². The van der Waals surface area contributed by atoms with E-state index in [1.54, 1.807) is 30.8 Å². The van der Waals surface area contributed by atoms with E-state index in [1.807, 2.05) is 46.5 Å². The zero-order valence-electron chi connectivity index (χ0n) is 28.1. The average molecular weight is 731 g/mol. The number of methoxy groups -OCH3 is 3. The van der Waals surface area contributed by atoms with Crippen molar-refractivity contribution in [3.05, 3.63) is 0 Å². The first-order valence-corrected chi connectivity index (χ1v) is 16.8. The number of amides is 2. The lowest BCUT2D eigenvalue weighted by Crippen LogP contribution is -2.49. The van der Waals surface area contributed by atoms with Gasteiger partial charge < -0.3 is 38.6 Å². The molecule has 0 aromatic carbocycles. The summed E-state index contributed by atoms with van der Waals surface area (Å²) in [6.45, 7) is 15.5. The second kappa shape index (κ2) is 18.8. The van der Waals surface area contributed by atoms with Crippen molar-refractivity contribution in [2.45, 2.75) is 117 Å². The highest BCUT2D eigenvalue weighted by molar-refractivity contribution is 14.1. The summed E-state index contributed by atoms with van der Waals surface area (Å²) in [4.78, 5) is 52.6. The number of carbonyl (C=O) groups excluding carboxylic acids is 3. The number of rotatable bonds is 8.